The number of nitrogens with one attached hydrogen (secondary N) is 2. The maximum absolute atomic E-state index is 13.8. The van der Waals surface area contributed by atoms with Crippen LogP contribution in [0.3, 0.4) is 0 Å². The second-order valence-corrected chi connectivity index (χ2v) is 6.24. The minimum absolute atomic E-state index is 0.307. The summed E-state index contributed by atoms with van der Waals surface area (Å²) in [4.78, 5) is 9.09. The van der Waals surface area contributed by atoms with Gasteiger partial charge in [-0.05, 0) is 29.3 Å². The number of nitrogens with zero attached hydrogens (tertiary/aromatic N) is 2. The normalized spacial score (nSPS) is 10.7. The van der Waals surface area contributed by atoms with Crippen LogP contribution in [0, 0.1) is 5.82 Å². The molecule has 2 N–H and O–H groups in total. The first kappa shape index (κ1) is 17.0. The van der Waals surface area contributed by atoms with E-state index in [1.165, 1.54) is 12.1 Å². The van der Waals surface area contributed by atoms with Crippen molar-refractivity contribution in [1.82, 2.24) is 9.97 Å². The smallest absolute Gasteiger partial charge is 0.225 e. The molecule has 0 spiro atoms. The van der Waals surface area contributed by atoms with Crippen molar-refractivity contribution in [3.8, 4) is 0 Å². The van der Waals surface area contributed by atoms with Gasteiger partial charge in [-0.2, -0.15) is 4.98 Å². The van der Waals surface area contributed by atoms with E-state index in [0.717, 1.165) is 11.1 Å². The number of aromatic nitrogens is 2. The van der Waals surface area contributed by atoms with Crippen LogP contribution >= 0.6 is 0 Å². The maximum atomic E-state index is 13.8. The lowest BCUT2D eigenvalue weighted by molar-refractivity contribution is 0.629. The monoisotopic (exact) mass is 358 g/mol. The molecule has 0 radical (unpaired) electrons. The molecule has 0 unspecified atom stereocenters. The fourth-order valence-corrected chi connectivity index (χ4v) is 2.87. The molecule has 4 nitrogen and oxygen atoms in total. The van der Waals surface area contributed by atoms with Gasteiger partial charge in [0.1, 0.15) is 11.6 Å². The number of hydrogen-bond acceptors (Lipinski definition) is 4. The van der Waals surface area contributed by atoms with E-state index in [9.17, 15) is 4.39 Å². The summed E-state index contributed by atoms with van der Waals surface area (Å²) in [6, 6.07) is 24.6. The van der Waals surface area contributed by atoms with Crippen molar-refractivity contribution in [3.05, 3.63) is 95.8 Å². The van der Waals surface area contributed by atoms with Crippen LogP contribution in [0.25, 0.3) is 10.9 Å². The largest absolute Gasteiger partial charge is 0.365 e. The fraction of sp³-hybridized carbons (Fsp3) is 0.0909. The average Bonchev–Trinajstić information content (AvgIpc) is 2.72. The van der Waals surface area contributed by atoms with Crippen LogP contribution in [-0.4, -0.2) is 9.97 Å². The Balaban J connectivity index is 1.61. The second-order valence-electron chi connectivity index (χ2n) is 6.24. The maximum Gasteiger partial charge on any atom is 0.225 e. The lowest BCUT2D eigenvalue weighted by atomic mass is 10.2. The Bertz CT molecular complexity index is 1040. The van der Waals surface area contributed by atoms with E-state index in [1.807, 2.05) is 60.7 Å². The average molecular weight is 358 g/mol. The molecule has 27 heavy (non-hydrogen) atoms. The summed E-state index contributed by atoms with van der Waals surface area (Å²) in [5, 5.41) is 7.23. The number of fused-ring (bicyclic) bond motifs is 1. The zero-order chi connectivity index (χ0) is 18.5. The van der Waals surface area contributed by atoms with Gasteiger partial charge in [-0.1, -0.05) is 60.7 Å². The molecule has 5 heteroatoms. The van der Waals surface area contributed by atoms with Gasteiger partial charge in [-0.3, -0.25) is 0 Å². The van der Waals surface area contributed by atoms with E-state index in [4.69, 9.17) is 0 Å². The van der Waals surface area contributed by atoms with Gasteiger partial charge in [0.2, 0.25) is 5.95 Å². The molecule has 1 heterocycles. The Morgan fingerprint density at radius 1 is 0.704 bits per heavy atom. The van der Waals surface area contributed by atoms with Gasteiger partial charge in [0.25, 0.3) is 0 Å². The third kappa shape index (κ3) is 4.20. The minimum atomic E-state index is -0.307. The summed E-state index contributed by atoms with van der Waals surface area (Å²) in [6.07, 6.45) is 0. The van der Waals surface area contributed by atoms with Crippen molar-refractivity contribution in [2.75, 3.05) is 10.6 Å². The molecule has 0 aliphatic carbocycles. The Morgan fingerprint density at radius 3 is 2.00 bits per heavy atom. The summed E-state index contributed by atoms with van der Waals surface area (Å²) in [5.74, 6) is 0.811. The number of anilines is 2. The Morgan fingerprint density at radius 2 is 1.33 bits per heavy atom. The lowest BCUT2D eigenvalue weighted by Gasteiger charge is -2.12. The molecule has 0 amide bonds. The predicted molar refractivity (Wildman–Crippen MR) is 107 cm³/mol. The van der Waals surface area contributed by atoms with Gasteiger partial charge >= 0.3 is 0 Å². The summed E-state index contributed by atoms with van der Waals surface area (Å²) in [5.41, 5.74) is 2.95. The summed E-state index contributed by atoms with van der Waals surface area (Å²) in [6.45, 7) is 1.22. The zero-order valence-corrected chi connectivity index (χ0v) is 14.7. The van der Waals surface area contributed by atoms with Crippen molar-refractivity contribution in [2.24, 2.45) is 0 Å². The van der Waals surface area contributed by atoms with E-state index in [-0.39, 0.29) is 5.82 Å². The van der Waals surface area contributed by atoms with Crippen molar-refractivity contribution in [2.45, 2.75) is 13.1 Å². The Hall–Kier alpha value is -3.47. The summed E-state index contributed by atoms with van der Waals surface area (Å²) < 4.78 is 13.8. The summed E-state index contributed by atoms with van der Waals surface area (Å²) >= 11 is 0. The second kappa shape index (κ2) is 7.83. The van der Waals surface area contributed by atoms with Gasteiger partial charge in [-0.15, -0.1) is 0 Å². The molecule has 134 valence electrons. The molecule has 1 aromatic heterocycles. The van der Waals surface area contributed by atoms with Crippen LogP contribution in [0.4, 0.5) is 16.2 Å². The molecule has 0 aliphatic heterocycles. The SMILES string of the molecule is Fc1ccc2nc(NCc3ccccc3)nc(NCc3ccccc3)c2c1. The van der Waals surface area contributed by atoms with Crippen LogP contribution < -0.4 is 10.6 Å². The van der Waals surface area contributed by atoms with Crippen molar-refractivity contribution in [3.63, 3.8) is 0 Å². The van der Waals surface area contributed by atoms with Crippen LogP contribution in [0.5, 0.6) is 0 Å². The standard InChI is InChI=1S/C22H19FN4/c23-18-11-12-20-19(13-18)21(24-14-16-7-3-1-4-8-16)27-22(26-20)25-15-17-9-5-2-6-10-17/h1-13H,14-15H2,(H2,24,25,26,27). The minimum Gasteiger partial charge on any atom is -0.365 e. The first-order chi connectivity index (χ1) is 13.3. The van der Waals surface area contributed by atoms with Crippen LogP contribution in [0.1, 0.15) is 11.1 Å². The molecular formula is C22H19FN4. The van der Waals surface area contributed by atoms with Gasteiger partial charge in [0, 0.05) is 18.5 Å². The molecule has 0 bridgehead atoms. The van der Waals surface area contributed by atoms with E-state index in [2.05, 4.69) is 20.6 Å². The van der Waals surface area contributed by atoms with Crippen molar-refractivity contribution in [1.29, 1.82) is 0 Å². The lowest BCUT2D eigenvalue weighted by Crippen LogP contribution is -2.08. The van der Waals surface area contributed by atoms with Gasteiger partial charge < -0.3 is 10.6 Å². The molecule has 0 atom stereocenters. The third-order valence-corrected chi connectivity index (χ3v) is 4.25. The van der Waals surface area contributed by atoms with E-state index in [0.29, 0.717) is 35.8 Å². The molecule has 0 saturated heterocycles. The van der Waals surface area contributed by atoms with E-state index in [1.54, 1.807) is 6.07 Å². The molecule has 0 fully saturated rings. The molecule has 4 aromatic rings. The van der Waals surface area contributed by atoms with Crippen LogP contribution in [0.15, 0.2) is 78.9 Å². The molecule has 0 aliphatic rings. The van der Waals surface area contributed by atoms with Gasteiger partial charge in [-0.25, -0.2) is 9.37 Å². The van der Waals surface area contributed by atoms with E-state index < -0.39 is 0 Å². The third-order valence-electron chi connectivity index (χ3n) is 4.25. The highest BCUT2D eigenvalue weighted by Gasteiger charge is 2.09. The summed E-state index contributed by atoms with van der Waals surface area (Å²) in [7, 11) is 0. The highest BCUT2D eigenvalue weighted by Crippen LogP contribution is 2.24. The van der Waals surface area contributed by atoms with E-state index >= 15 is 0 Å². The first-order valence-corrected chi connectivity index (χ1v) is 8.81. The highest BCUT2D eigenvalue weighted by molar-refractivity contribution is 5.90. The number of benzene rings is 3. The number of halogens is 1. The highest BCUT2D eigenvalue weighted by atomic mass is 19.1. The molecular weight excluding hydrogens is 339 g/mol. The quantitative estimate of drug-likeness (QED) is 0.510. The fourth-order valence-electron chi connectivity index (χ4n) is 2.87. The number of rotatable bonds is 6. The predicted octanol–water partition coefficient (Wildman–Crippen LogP) is 4.99. The molecule has 4 rings (SSSR count). The number of hydrogen-bond donors (Lipinski definition) is 2. The first-order valence-electron chi connectivity index (χ1n) is 8.81. The van der Waals surface area contributed by atoms with Gasteiger partial charge in [0.05, 0.1) is 5.52 Å². The van der Waals surface area contributed by atoms with Crippen molar-refractivity contribution >= 4 is 22.7 Å². The van der Waals surface area contributed by atoms with Gasteiger partial charge in [0.15, 0.2) is 0 Å². The van der Waals surface area contributed by atoms with Crippen LogP contribution in [0.2, 0.25) is 0 Å². The molecule has 0 saturated carbocycles. The Kier molecular flexibility index (Phi) is 4.92. The Labute approximate surface area is 157 Å². The molecule has 3 aromatic carbocycles. The topological polar surface area (TPSA) is 49.8 Å². The van der Waals surface area contributed by atoms with Crippen molar-refractivity contribution < 1.29 is 4.39 Å². The van der Waals surface area contributed by atoms with Crippen LogP contribution in [-0.2, 0) is 13.1 Å². The zero-order valence-electron chi connectivity index (χ0n) is 14.7.